The summed E-state index contributed by atoms with van der Waals surface area (Å²) in [7, 11) is 0. The van der Waals surface area contributed by atoms with Crippen LogP contribution in [0.25, 0.3) is 0 Å². The molecule has 1 heterocycles. The topological polar surface area (TPSA) is 31.2 Å². The number of hydrogen-bond donors (Lipinski definition) is 0. The molecule has 0 amide bonds. The van der Waals surface area contributed by atoms with Gasteiger partial charge in [0, 0.05) is 12.1 Å². The molecular weight excluding hydrogens is 211 g/mol. The van der Waals surface area contributed by atoms with E-state index < -0.39 is 0 Å². The molecule has 4 nitrogen and oxygen atoms in total. The van der Waals surface area contributed by atoms with Crippen LogP contribution in [0.5, 0.6) is 0 Å². The van der Waals surface area contributed by atoms with Gasteiger partial charge >= 0.3 is 6.98 Å². The van der Waals surface area contributed by atoms with Crippen molar-refractivity contribution in [3.63, 3.8) is 0 Å². The third-order valence-electron chi connectivity index (χ3n) is 2.78. The van der Waals surface area contributed by atoms with Gasteiger partial charge in [0.05, 0.1) is 0 Å². The van der Waals surface area contributed by atoms with Gasteiger partial charge in [-0.25, -0.2) is 0 Å². The quantitative estimate of drug-likeness (QED) is 0.688. The monoisotopic (exact) mass is 238 g/mol. The van der Waals surface area contributed by atoms with Crippen LogP contribution in [0.3, 0.4) is 0 Å². The average molecular weight is 238 g/mol. The highest BCUT2D eigenvalue weighted by molar-refractivity contribution is 6.56. The molecule has 0 saturated heterocycles. The minimum atomic E-state index is 0.00712. The highest BCUT2D eigenvalue weighted by Gasteiger charge is 2.49. The summed E-state index contributed by atoms with van der Waals surface area (Å²) in [4.78, 5) is 4.27. The number of nitrogens with zero attached hydrogens (tertiary/aromatic N) is 4. The Balaban J connectivity index is 2.94. The first-order valence-electron chi connectivity index (χ1n) is 6.51. The van der Waals surface area contributed by atoms with Crippen molar-refractivity contribution in [1.82, 2.24) is 9.84 Å². The van der Waals surface area contributed by atoms with Crippen LogP contribution >= 0.6 is 0 Å². The molecule has 0 unspecified atom stereocenters. The molecule has 0 atom stereocenters. The SMILES string of the molecule is CC(C)CN1N=NN(C(C)(C)C)B1C(C)(C)C. The van der Waals surface area contributed by atoms with Gasteiger partial charge in [-0.15, -0.1) is 0 Å². The van der Waals surface area contributed by atoms with E-state index in [1.165, 1.54) is 0 Å². The second-order valence-electron chi connectivity index (χ2n) is 7.45. The van der Waals surface area contributed by atoms with E-state index in [0.717, 1.165) is 6.54 Å². The molecule has 0 aromatic rings. The van der Waals surface area contributed by atoms with Gasteiger partial charge < -0.3 is 0 Å². The molecule has 98 valence electrons. The fourth-order valence-electron chi connectivity index (χ4n) is 2.14. The molecule has 0 radical (unpaired) electrons. The van der Waals surface area contributed by atoms with Crippen LogP contribution in [0.1, 0.15) is 55.4 Å². The molecule has 0 aromatic heterocycles. The van der Waals surface area contributed by atoms with Crippen molar-refractivity contribution >= 4 is 6.98 Å². The van der Waals surface area contributed by atoms with E-state index in [0.29, 0.717) is 5.92 Å². The molecule has 0 aliphatic carbocycles. The van der Waals surface area contributed by atoms with E-state index in [9.17, 15) is 0 Å². The van der Waals surface area contributed by atoms with Gasteiger partial charge in [0.1, 0.15) is 0 Å². The predicted octanol–water partition coefficient (Wildman–Crippen LogP) is 3.63. The smallest absolute Gasteiger partial charge is 0.294 e. The summed E-state index contributed by atoms with van der Waals surface area (Å²) in [5.74, 6) is 0.596. The predicted molar refractivity (Wildman–Crippen MR) is 73.5 cm³/mol. The second-order valence-corrected chi connectivity index (χ2v) is 7.45. The Morgan fingerprint density at radius 2 is 1.53 bits per heavy atom. The van der Waals surface area contributed by atoms with Crippen molar-refractivity contribution < 1.29 is 0 Å². The number of rotatable bonds is 2. The minimum Gasteiger partial charge on any atom is -0.294 e. The van der Waals surface area contributed by atoms with Crippen molar-refractivity contribution in [3.05, 3.63) is 0 Å². The van der Waals surface area contributed by atoms with E-state index in [4.69, 9.17) is 0 Å². The maximum Gasteiger partial charge on any atom is 0.418 e. The van der Waals surface area contributed by atoms with E-state index >= 15 is 0 Å². The average Bonchev–Trinajstić information content (AvgIpc) is 2.44. The lowest BCUT2D eigenvalue weighted by molar-refractivity contribution is 0.243. The highest BCUT2D eigenvalue weighted by Crippen LogP contribution is 2.38. The number of hydrogen-bond acceptors (Lipinski definition) is 4. The zero-order valence-electron chi connectivity index (χ0n) is 12.7. The van der Waals surface area contributed by atoms with Crippen LogP contribution < -0.4 is 0 Å². The van der Waals surface area contributed by atoms with Crippen LogP contribution in [-0.4, -0.2) is 28.9 Å². The van der Waals surface area contributed by atoms with Crippen molar-refractivity contribution in [2.24, 2.45) is 16.4 Å². The van der Waals surface area contributed by atoms with Gasteiger partial charge in [-0.1, -0.05) is 45.1 Å². The van der Waals surface area contributed by atoms with Gasteiger partial charge in [0.2, 0.25) is 0 Å². The second kappa shape index (κ2) is 4.50. The van der Waals surface area contributed by atoms with Crippen molar-refractivity contribution in [1.29, 1.82) is 0 Å². The Morgan fingerprint density at radius 3 is 1.88 bits per heavy atom. The molecule has 0 spiro atoms. The maximum absolute atomic E-state index is 4.37. The first kappa shape index (κ1) is 14.3. The van der Waals surface area contributed by atoms with Crippen LogP contribution in [0, 0.1) is 5.92 Å². The van der Waals surface area contributed by atoms with E-state index in [2.05, 4.69) is 75.7 Å². The molecule has 0 bridgehead atoms. The highest BCUT2D eigenvalue weighted by atomic mass is 15.7. The molecule has 0 fully saturated rings. The van der Waals surface area contributed by atoms with Gasteiger partial charge in [-0.2, -0.15) is 0 Å². The van der Waals surface area contributed by atoms with Crippen LogP contribution in [0.15, 0.2) is 10.4 Å². The Labute approximate surface area is 107 Å². The summed E-state index contributed by atoms with van der Waals surface area (Å²) in [6, 6.07) is 0. The fraction of sp³-hybridized carbons (Fsp3) is 1.00. The van der Waals surface area contributed by atoms with Crippen molar-refractivity contribution in [2.75, 3.05) is 6.54 Å². The summed E-state index contributed by atoms with van der Waals surface area (Å²) in [6.07, 6.45) is 0. The Bertz CT molecular complexity index is 288. The molecule has 1 aliphatic heterocycles. The zero-order chi connectivity index (χ0) is 13.4. The van der Waals surface area contributed by atoms with Gasteiger partial charge in [-0.05, 0) is 32.0 Å². The molecule has 0 N–H and O–H groups in total. The molecule has 1 rings (SSSR count). The van der Waals surface area contributed by atoms with Gasteiger partial charge in [-0.3, -0.25) is 9.84 Å². The van der Waals surface area contributed by atoms with Crippen LogP contribution in [0.4, 0.5) is 0 Å². The lowest BCUT2D eigenvalue weighted by Gasteiger charge is -2.40. The lowest BCUT2D eigenvalue weighted by Crippen LogP contribution is -2.56. The maximum atomic E-state index is 4.37. The largest absolute Gasteiger partial charge is 0.418 e. The summed E-state index contributed by atoms with van der Waals surface area (Å²) < 4.78 is 0. The van der Waals surface area contributed by atoms with Crippen molar-refractivity contribution in [2.45, 2.75) is 66.2 Å². The van der Waals surface area contributed by atoms with Crippen LogP contribution in [0.2, 0.25) is 5.31 Å². The molecule has 0 aromatic carbocycles. The minimum absolute atomic E-state index is 0.00712. The Morgan fingerprint density at radius 1 is 1.00 bits per heavy atom. The summed E-state index contributed by atoms with van der Waals surface area (Å²) in [5, 5.41) is 8.86. The summed E-state index contributed by atoms with van der Waals surface area (Å²) >= 11 is 0. The molecule has 0 saturated carbocycles. The molecule has 17 heavy (non-hydrogen) atoms. The summed E-state index contributed by atoms with van der Waals surface area (Å²) in [6.45, 7) is 18.9. The molecule has 1 aliphatic rings. The first-order chi connectivity index (χ1) is 7.53. The third-order valence-corrected chi connectivity index (χ3v) is 2.78. The van der Waals surface area contributed by atoms with Gasteiger partial charge in [0.25, 0.3) is 0 Å². The lowest BCUT2D eigenvalue weighted by atomic mass is 9.50. The van der Waals surface area contributed by atoms with Gasteiger partial charge in [0.15, 0.2) is 0 Å². The first-order valence-corrected chi connectivity index (χ1v) is 6.51. The van der Waals surface area contributed by atoms with E-state index in [-0.39, 0.29) is 17.8 Å². The Hall–Kier alpha value is -0.735. The van der Waals surface area contributed by atoms with Crippen molar-refractivity contribution in [3.8, 4) is 0 Å². The van der Waals surface area contributed by atoms with E-state index in [1.54, 1.807) is 0 Å². The Kier molecular flexibility index (Phi) is 3.79. The molecule has 5 heteroatoms. The van der Waals surface area contributed by atoms with Crippen LogP contribution in [-0.2, 0) is 0 Å². The summed E-state index contributed by atoms with van der Waals surface area (Å²) in [5.41, 5.74) is 0.00712. The third kappa shape index (κ3) is 3.36. The standard InChI is InChI=1S/C12H27BN4/c1-10(2)9-16-13(11(3,4)5)17(15-14-16)12(6,7)8/h10H,9H2,1-8H3. The normalized spacial score (nSPS) is 17.6. The zero-order valence-corrected chi connectivity index (χ0v) is 12.7. The van der Waals surface area contributed by atoms with E-state index in [1.807, 2.05) is 0 Å². The fourth-order valence-corrected chi connectivity index (χ4v) is 2.14. The molecular formula is C12H27BN4.